The lowest BCUT2D eigenvalue weighted by Gasteiger charge is -2.14. The van der Waals surface area contributed by atoms with Gasteiger partial charge in [0.15, 0.2) is 0 Å². The molecule has 4 rings (SSSR count). The highest BCUT2D eigenvalue weighted by Gasteiger charge is 2.22. The number of rotatable bonds is 4. The Kier molecular flexibility index (Phi) is 6.72. The van der Waals surface area contributed by atoms with Gasteiger partial charge in [-0.2, -0.15) is 0 Å². The third kappa shape index (κ3) is 4.98. The monoisotopic (exact) mass is 538 g/mol. The van der Waals surface area contributed by atoms with Gasteiger partial charge in [0, 0.05) is 20.6 Å². The summed E-state index contributed by atoms with van der Waals surface area (Å²) in [4.78, 5) is 38.5. The van der Waals surface area contributed by atoms with Crippen LogP contribution >= 0.6 is 27.5 Å². The SMILES string of the molecule is Cc1ccc(NC(=O)c2cc3cc(Cl)ccc3n2NC(=O)C(=O)Nc2ccccc2C)c(Br)c1. The van der Waals surface area contributed by atoms with Crippen molar-refractivity contribution in [2.75, 3.05) is 16.1 Å². The third-order valence-corrected chi connectivity index (χ3v) is 6.07. The standard InChI is InChI=1S/C25H20BrClN4O3/c1-14-7-9-20(18(26)11-14)29-23(32)22-13-16-12-17(27)8-10-21(16)31(22)30-25(34)24(33)28-19-6-4-3-5-15(19)2/h3-13H,1-2H3,(H,28,33)(H,29,32)(H,30,34). The molecule has 0 fully saturated rings. The lowest BCUT2D eigenvalue weighted by molar-refractivity contribution is -0.133. The lowest BCUT2D eigenvalue weighted by Crippen LogP contribution is -2.36. The summed E-state index contributed by atoms with van der Waals surface area (Å²) in [5.74, 6) is -2.27. The molecule has 0 radical (unpaired) electrons. The van der Waals surface area contributed by atoms with E-state index < -0.39 is 17.7 Å². The number of nitrogens with one attached hydrogen (secondary N) is 3. The third-order valence-electron chi connectivity index (χ3n) is 5.18. The van der Waals surface area contributed by atoms with Gasteiger partial charge >= 0.3 is 11.8 Å². The molecular formula is C25H20BrClN4O3. The molecule has 0 bridgehead atoms. The van der Waals surface area contributed by atoms with Crippen molar-refractivity contribution in [3.05, 3.63) is 93.0 Å². The van der Waals surface area contributed by atoms with Crippen molar-refractivity contribution in [2.24, 2.45) is 0 Å². The maximum absolute atomic E-state index is 13.2. The first-order valence-corrected chi connectivity index (χ1v) is 11.5. The maximum atomic E-state index is 13.2. The zero-order chi connectivity index (χ0) is 24.4. The van der Waals surface area contributed by atoms with E-state index in [0.717, 1.165) is 11.1 Å². The quantitative estimate of drug-likeness (QED) is 0.293. The number of halogens is 2. The number of hydrogen-bond donors (Lipinski definition) is 3. The van der Waals surface area contributed by atoms with Gasteiger partial charge in [0.1, 0.15) is 5.69 Å². The van der Waals surface area contributed by atoms with E-state index in [4.69, 9.17) is 11.6 Å². The highest BCUT2D eigenvalue weighted by atomic mass is 79.9. The van der Waals surface area contributed by atoms with Crippen molar-refractivity contribution >= 4 is 67.5 Å². The van der Waals surface area contributed by atoms with Gasteiger partial charge in [-0.05, 0) is 83.4 Å². The minimum atomic E-state index is -0.929. The number of carbonyl (C=O) groups excluding carboxylic acids is 3. The maximum Gasteiger partial charge on any atom is 0.328 e. The van der Waals surface area contributed by atoms with Crippen LogP contribution in [0, 0.1) is 13.8 Å². The Hall–Kier alpha value is -3.62. The zero-order valence-corrected chi connectivity index (χ0v) is 20.6. The van der Waals surface area contributed by atoms with E-state index in [0.29, 0.717) is 31.8 Å². The predicted octanol–water partition coefficient (Wildman–Crippen LogP) is 5.64. The number of nitrogens with zero attached hydrogens (tertiary/aromatic N) is 1. The molecule has 1 aromatic heterocycles. The first-order chi connectivity index (χ1) is 16.2. The van der Waals surface area contributed by atoms with Crippen LogP contribution in [0.5, 0.6) is 0 Å². The molecule has 0 aliphatic rings. The molecule has 0 atom stereocenters. The summed E-state index contributed by atoms with van der Waals surface area (Å²) in [6.07, 6.45) is 0. The van der Waals surface area contributed by atoms with Gasteiger partial charge in [0.2, 0.25) is 0 Å². The van der Waals surface area contributed by atoms with Crippen molar-refractivity contribution < 1.29 is 14.4 Å². The van der Waals surface area contributed by atoms with Crippen molar-refractivity contribution in [1.29, 1.82) is 0 Å². The van der Waals surface area contributed by atoms with Crippen molar-refractivity contribution in [3.63, 3.8) is 0 Å². The van der Waals surface area contributed by atoms with Crippen LogP contribution in [0.1, 0.15) is 21.6 Å². The Morgan fingerprint density at radius 2 is 1.62 bits per heavy atom. The van der Waals surface area contributed by atoms with Crippen molar-refractivity contribution in [3.8, 4) is 0 Å². The average Bonchev–Trinajstić information content (AvgIpc) is 3.14. The van der Waals surface area contributed by atoms with Gasteiger partial charge in [-0.1, -0.05) is 35.9 Å². The molecule has 3 amide bonds. The second-order valence-corrected chi connectivity index (χ2v) is 9.01. The number of aromatic nitrogens is 1. The number of hydrogen-bond acceptors (Lipinski definition) is 3. The molecule has 3 N–H and O–H groups in total. The molecule has 0 saturated heterocycles. The van der Waals surface area contributed by atoms with Crippen LogP contribution in [0.4, 0.5) is 11.4 Å². The highest BCUT2D eigenvalue weighted by molar-refractivity contribution is 9.10. The van der Waals surface area contributed by atoms with Crippen LogP contribution in [0.15, 0.2) is 71.2 Å². The molecule has 4 aromatic rings. The molecule has 0 spiro atoms. The Morgan fingerprint density at radius 3 is 2.35 bits per heavy atom. The van der Waals surface area contributed by atoms with E-state index >= 15 is 0 Å². The summed E-state index contributed by atoms with van der Waals surface area (Å²) in [5.41, 5.74) is 6.10. The van der Waals surface area contributed by atoms with Crippen LogP contribution in [0.25, 0.3) is 10.9 Å². The Balaban J connectivity index is 1.65. The summed E-state index contributed by atoms with van der Waals surface area (Å²) in [7, 11) is 0. The molecule has 1 heterocycles. The summed E-state index contributed by atoms with van der Waals surface area (Å²) >= 11 is 9.56. The number of aryl methyl sites for hydroxylation is 2. The second kappa shape index (κ2) is 9.70. The average molecular weight is 540 g/mol. The summed E-state index contributed by atoms with van der Waals surface area (Å²) in [6.45, 7) is 3.76. The number of fused-ring (bicyclic) bond motifs is 1. The first-order valence-electron chi connectivity index (χ1n) is 10.3. The minimum absolute atomic E-state index is 0.127. The molecule has 0 saturated carbocycles. The number of carbonyl (C=O) groups is 3. The number of amides is 3. The van der Waals surface area contributed by atoms with Gasteiger partial charge in [0.25, 0.3) is 5.91 Å². The van der Waals surface area contributed by atoms with Crippen LogP contribution in [-0.4, -0.2) is 22.4 Å². The number of benzene rings is 3. The molecule has 0 unspecified atom stereocenters. The molecule has 0 aliphatic heterocycles. The van der Waals surface area contributed by atoms with E-state index in [9.17, 15) is 14.4 Å². The number of para-hydroxylation sites is 1. The fourth-order valence-corrected chi connectivity index (χ4v) is 4.20. The van der Waals surface area contributed by atoms with Crippen LogP contribution in [-0.2, 0) is 9.59 Å². The fraction of sp³-hybridized carbons (Fsp3) is 0.0800. The molecule has 7 nitrogen and oxygen atoms in total. The van der Waals surface area contributed by atoms with Crippen molar-refractivity contribution in [2.45, 2.75) is 13.8 Å². The van der Waals surface area contributed by atoms with E-state index in [2.05, 4.69) is 32.0 Å². The summed E-state index contributed by atoms with van der Waals surface area (Å²) < 4.78 is 2.00. The van der Waals surface area contributed by atoms with Crippen LogP contribution < -0.4 is 16.1 Å². The van der Waals surface area contributed by atoms with Crippen LogP contribution in [0.3, 0.4) is 0 Å². The first kappa shape index (κ1) is 23.5. The molecule has 34 heavy (non-hydrogen) atoms. The fourth-order valence-electron chi connectivity index (χ4n) is 3.43. The topological polar surface area (TPSA) is 92.2 Å². The van der Waals surface area contributed by atoms with Gasteiger partial charge in [-0.25, -0.2) is 4.68 Å². The van der Waals surface area contributed by atoms with Gasteiger partial charge in [0.05, 0.1) is 11.2 Å². The predicted molar refractivity (Wildman–Crippen MR) is 138 cm³/mol. The van der Waals surface area contributed by atoms with E-state index in [1.54, 1.807) is 42.5 Å². The Labute approximate surface area is 209 Å². The zero-order valence-electron chi connectivity index (χ0n) is 18.3. The second-order valence-electron chi connectivity index (χ2n) is 7.72. The van der Waals surface area contributed by atoms with Crippen molar-refractivity contribution in [1.82, 2.24) is 4.68 Å². The molecule has 9 heteroatoms. The van der Waals surface area contributed by atoms with E-state index in [1.807, 2.05) is 38.1 Å². The number of anilines is 2. The molecule has 3 aromatic carbocycles. The smallest absolute Gasteiger partial charge is 0.320 e. The highest BCUT2D eigenvalue weighted by Crippen LogP contribution is 2.26. The van der Waals surface area contributed by atoms with Gasteiger partial charge in [-0.3, -0.25) is 19.8 Å². The lowest BCUT2D eigenvalue weighted by atomic mass is 10.2. The van der Waals surface area contributed by atoms with Gasteiger partial charge in [-0.15, -0.1) is 0 Å². The molecule has 172 valence electrons. The molecule has 0 aliphatic carbocycles. The largest absolute Gasteiger partial charge is 0.328 e. The summed E-state index contributed by atoms with van der Waals surface area (Å²) in [6, 6.07) is 19.2. The Morgan fingerprint density at radius 1 is 0.853 bits per heavy atom. The van der Waals surface area contributed by atoms with E-state index in [-0.39, 0.29) is 5.69 Å². The minimum Gasteiger partial charge on any atom is -0.320 e. The Bertz CT molecular complexity index is 1450. The van der Waals surface area contributed by atoms with Crippen LogP contribution in [0.2, 0.25) is 5.02 Å². The van der Waals surface area contributed by atoms with E-state index in [1.165, 1.54) is 4.68 Å². The van der Waals surface area contributed by atoms with Gasteiger partial charge < -0.3 is 10.6 Å². The normalized spacial score (nSPS) is 10.7. The molecular weight excluding hydrogens is 520 g/mol. The summed E-state index contributed by atoms with van der Waals surface area (Å²) in [5, 5.41) is 6.52.